The fourth-order valence-electron chi connectivity index (χ4n) is 2.60. The summed E-state index contributed by atoms with van der Waals surface area (Å²) in [4.78, 5) is 25.8. The van der Waals surface area contributed by atoms with Crippen molar-refractivity contribution in [2.24, 2.45) is 0 Å². The second-order valence-electron chi connectivity index (χ2n) is 6.03. The van der Waals surface area contributed by atoms with Gasteiger partial charge in [0.1, 0.15) is 6.54 Å². The number of benzene rings is 2. The Bertz CT molecular complexity index is 753. The van der Waals surface area contributed by atoms with E-state index in [1.165, 1.54) is 11.8 Å². The average Bonchev–Trinajstić information content (AvgIpc) is 2.54. The number of nitrogens with zero attached hydrogens (tertiary/aromatic N) is 1. The van der Waals surface area contributed by atoms with Gasteiger partial charge < -0.3 is 10.2 Å². The van der Waals surface area contributed by atoms with Gasteiger partial charge in [0, 0.05) is 19.2 Å². The van der Waals surface area contributed by atoms with Crippen molar-refractivity contribution in [2.75, 3.05) is 11.4 Å². The van der Waals surface area contributed by atoms with Gasteiger partial charge >= 0.3 is 0 Å². The van der Waals surface area contributed by atoms with Gasteiger partial charge in [0.05, 0.1) is 0 Å². The normalized spacial score (nSPS) is 10.3. The van der Waals surface area contributed by atoms with E-state index in [1.807, 2.05) is 63.2 Å². The van der Waals surface area contributed by atoms with Gasteiger partial charge in [-0.15, -0.1) is 0 Å². The van der Waals surface area contributed by atoms with Crippen LogP contribution in [0.4, 0.5) is 5.69 Å². The Balaban J connectivity index is 2.08. The lowest BCUT2D eigenvalue weighted by Gasteiger charge is -2.23. The molecule has 2 aromatic rings. The van der Waals surface area contributed by atoms with Crippen LogP contribution in [0.15, 0.2) is 42.5 Å². The van der Waals surface area contributed by atoms with Crippen LogP contribution in [0.3, 0.4) is 0 Å². The molecule has 0 aliphatic carbocycles. The summed E-state index contributed by atoms with van der Waals surface area (Å²) in [7, 11) is 0. The quantitative estimate of drug-likeness (QED) is 0.917. The molecular weight excluding hydrogens is 300 g/mol. The minimum atomic E-state index is -0.172. The molecule has 0 aromatic heterocycles. The number of rotatable bonds is 5. The number of carbonyl (C=O) groups excluding carboxylic acids is 2. The molecule has 0 unspecified atom stereocenters. The fourth-order valence-corrected chi connectivity index (χ4v) is 2.60. The van der Waals surface area contributed by atoms with Crippen LogP contribution in [0.25, 0.3) is 0 Å². The van der Waals surface area contributed by atoms with Crippen LogP contribution < -0.4 is 10.2 Å². The van der Waals surface area contributed by atoms with E-state index >= 15 is 0 Å². The van der Waals surface area contributed by atoms with Gasteiger partial charge in [-0.05, 0) is 49.1 Å². The lowest BCUT2D eigenvalue weighted by atomic mass is 10.1. The lowest BCUT2D eigenvalue weighted by molar-refractivity contribution is -0.123. The van der Waals surface area contributed by atoms with Crippen molar-refractivity contribution in [1.82, 2.24) is 5.32 Å². The SMILES string of the molecule is CC(=O)N(CC(=O)NCc1ccccc1C)c1cccc(C)c1C. The predicted octanol–water partition coefficient (Wildman–Crippen LogP) is 3.28. The first-order valence-electron chi connectivity index (χ1n) is 8.05. The smallest absolute Gasteiger partial charge is 0.240 e. The molecule has 0 heterocycles. The fraction of sp³-hybridized carbons (Fsp3) is 0.300. The summed E-state index contributed by atoms with van der Waals surface area (Å²) in [6, 6.07) is 13.7. The van der Waals surface area contributed by atoms with Crippen molar-refractivity contribution in [3.63, 3.8) is 0 Å². The molecule has 1 N–H and O–H groups in total. The van der Waals surface area contributed by atoms with Gasteiger partial charge in [-0.2, -0.15) is 0 Å². The summed E-state index contributed by atoms with van der Waals surface area (Å²) < 4.78 is 0. The maximum absolute atomic E-state index is 12.3. The molecule has 0 saturated carbocycles. The highest BCUT2D eigenvalue weighted by Gasteiger charge is 2.18. The van der Waals surface area contributed by atoms with Crippen LogP contribution in [-0.4, -0.2) is 18.4 Å². The van der Waals surface area contributed by atoms with E-state index in [4.69, 9.17) is 0 Å². The van der Waals surface area contributed by atoms with Gasteiger partial charge in [0.2, 0.25) is 11.8 Å². The lowest BCUT2D eigenvalue weighted by Crippen LogP contribution is -2.40. The minimum absolute atomic E-state index is 0.0194. The molecule has 2 amide bonds. The number of carbonyl (C=O) groups is 2. The summed E-state index contributed by atoms with van der Waals surface area (Å²) in [5.41, 5.74) is 5.11. The van der Waals surface area contributed by atoms with Crippen LogP contribution in [-0.2, 0) is 16.1 Å². The summed E-state index contributed by atoms with van der Waals surface area (Å²) in [5.74, 6) is -0.316. The molecular formula is C20H24N2O2. The molecule has 0 atom stereocenters. The zero-order valence-electron chi connectivity index (χ0n) is 14.7. The molecule has 0 aliphatic rings. The van der Waals surface area contributed by atoms with Crippen molar-refractivity contribution >= 4 is 17.5 Å². The number of anilines is 1. The molecule has 0 saturated heterocycles. The second kappa shape index (κ2) is 7.77. The summed E-state index contributed by atoms with van der Waals surface area (Å²) >= 11 is 0. The first kappa shape index (κ1) is 17.7. The van der Waals surface area contributed by atoms with Crippen LogP contribution in [0.2, 0.25) is 0 Å². The molecule has 0 aliphatic heterocycles. The summed E-state index contributed by atoms with van der Waals surface area (Å²) in [6.07, 6.45) is 0. The topological polar surface area (TPSA) is 49.4 Å². The van der Waals surface area contributed by atoms with Crippen LogP contribution >= 0.6 is 0 Å². The first-order valence-corrected chi connectivity index (χ1v) is 8.05. The highest BCUT2D eigenvalue weighted by atomic mass is 16.2. The van der Waals surface area contributed by atoms with E-state index in [0.717, 1.165) is 27.9 Å². The Labute approximate surface area is 143 Å². The van der Waals surface area contributed by atoms with Crippen molar-refractivity contribution in [3.05, 3.63) is 64.7 Å². The third-order valence-corrected chi connectivity index (χ3v) is 4.29. The van der Waals surface area contributed by atoms with Crippen LogP contribution in [0.5, 0.6) is 0 Å². The standard InChI is InChI=1S/C20H24N2O2/c1-14-9-7-11-19(16(14)3)22(17(4)23)13-20(24)21-12-18-10-6-5-8-15(18)2/h5-11H,12-13H2,1-4H3,(H,21,24). The van der Waals surface area contributed by atoms with Gasteiger partial charge in [-0.25, -0.2) is 0 Å². The zero-order chi connectivity index (χ0) is 17.7. The van der Waals surface area contributed by atoms with E-state index in [1.54, 1.807) is 0 Å². The van der Waals surface area contributed by atoms with Crippen LogP contribution in [0.1, 0.15) is 29.2 Å². The van der Waals surface area contributed by atoms with Gasteiger partial charge in [-0.3, -0.25) is 9.59 Å². The number of nitrogens with one attached hydrogen (secondary N) is 1. The molecule has 2 rings (SSSR count). The Morgan fingerprint density at radius 1 is 0.958 bits per heavy atom. The van der Waals surface area contributed by atoms with E-state index in [2.05, 4.69) is 5.32 Å². The Morgan fingerprint density at radius 2 is 1.62 bits per heavy atom. The van der Waals surface area contributed by atoms with E-state index in [0.29, 0.717) is 6.54 Å². The maximum atomic E-state index is 12.3. The average molecular weight is 324 g/mol. The second-order valence-corrected chi connectivity index (χ2v) is 6.03. The molecule has 0 radical (unpaired) electrons. The van der Waals surface area contributed by atoms with Crippen molar-refractivity contribution in [2.45, 2.75) is 34.2 Å². The third kappa shape index (κ3) is 4.22. The van der Waals surface area contributed by atoms with E-state index in [-0.39, 0.29) is 18.4 Å². The number of amides is 2. The molecule has 126 valence electrons. The van der Waals surface area contributed by atoms with E-state index in [9.17, 15) is 9.59 Å². The molecule has 24 heavy (non-hydrogen) atoms. The van der Waals surface area contributed by atoms with Gasteiger partial charge in [0.15, 0.2) is 0 Å². The summed E-state index contributed by atoms with van der Waals surface area (Å²) in [5, 5.41) is 2.90. The molecule has 0 bridgehead atoms. The predicted molar refractivity (Wildman–Crippen MR) is 97.0 cm³/mol. The van der Waals surface area contributed by atoms with Gasteiger partial charge in [0.25, 0.3) is 0 Å². The first-order chi connectivity index (χ1) is 11.4. The van der Waals surface area contributed by atoms with Crippen molar-refractivity contribution in [3.8, 4) is 0 Å². The number of hydrogen-bond donors (Lipinski definition) is 1. The molecule has 4 heteroatoms. The van der Waals surface area contributed by atoms with Crippen LogP contribution in [0, 0.1) is 20.8 Å². The van der Waals surface area contributed by atoms with Crippen molar-refractivity contribution < 1.29 is 9.59 Å². The molecule has 4 nitrogen and oxygen atoms in total. The maximum Gasteiger partial charge on any atom is 0.240 e. The highest BCUT2D eigenvalue weighted by molar-refractivity contribution is 5.98. The Morgan fingerprint density at radius 3 is 2.29 bits per heavy atom. The zero-order valence-corrected chi connectivity index (χ0v) is 14.7. The van der Waals surface area contributed by atoms with Crippen molar-refractivity contribution in [1.29, 1.82) is 0 Å². The Hall–Kier alpha value is -2.62. The largest absolute Gasteiger partial charge is 0.350 e. The molecule has 2 aromatic carbocycles. The summed E-state index contributed by atoms with van der Waals surface area (Å²) in [6.45, 7) is 7.94. The third-order valence-electron chi connectivity index (χ3n) is 4.29. The highest BCUT2D eigenvalue weighted by Crippen LogP contribution is 2.22. The Kier molecular flexibility index (Phi) is 5.74. The number of hydrogen-bond acceptors (Lipinski definition) is 2. The molecule has 0 spiro atoms. The number of aryl methyl sites for hydroxylation is 2. The van der Waals surface area contributed by atoms with E-state index < -0.39 is 0 Å². The molecule has 0 fully saturated rings. The van der Waals surface area contributed by atoms with Gasteiger partial charge in [-0.1, -0.05) is 36.4 Å². The minimum Gasteiger partial charge on any atom is -0.350 e. The monoisotopic (exact) mass is 324 g/mol.